The lowest BCUT2D eigenvalue weighted by molar-refractivity contribution is 0.0714. The molecule has 0 unspecified atom stereocenters. The summed E-state index contributed by atoms with van der Waals surface area (Å²) < 4.78 is 28.7. The van der Waals surface area contributed by atoms with Gasteiger partial charge in [-0.2, -0.15) is 0 Å². The molecule has 0 aliphatic carbocycles. The van der Waals surface area contributed by atoms with Crippen molar-refractivity contribution in [3.63, 3.8) is 0 Å². The second-order valence-corrected chi connectivity index (χ2v) is 10.3. The summed E-state index contributed by atoms with van der Waals surface area (Å²) in [6.07, 6.45) is 0. The third-order valence-corrected chi connectivity index (χ3v) is 6.99. The molecule has 0 spiro atoms. The molecule has 0 saturated heterocycles. The highest BCUT2D eigenvalue weighted by Crippen LogP contribution is 2.42. The number of rotatable bonds is 7. The zero-order valence-corrected chi connectivity index (χ0v) is 22.3. The molecule has 2 aliphatic heterocycles. The molecule has 1 atom stereocenters. The van der Waals surface area contributed by atoms with Gasteiger partial charge in [-0.3, -0.25) is 9.59 Å². The van der Waals surface area contributed by atoms with E-state index in [9.17, 15) is 9.59 Å². The van der Waals surface area contributed by atoms with Crippen LogP contribution >= 0.6 is 0 Å². The Balaban J connectivity index is 1.49. The van der Waals surface area contributed by atoms with Crippen molar-refractivity contribution in [3.05, 3.63) is 92.8 Å². The van der Waals surface area contributed by atoms with E-state index in [1.165, 1.54) is 0 Å². The number of benzene rings is 3. The maximum Gasteiger partial charge on any atom is 0.291 e. The lowest BCUT2D eigenvalue weighted by Gasteiger charge is -2.26. The summed E-state index contributed by atoms with van der Waals surface area (Å²) in [6.45, 7) is 6.98. The Morgan fingerprint density at radius 3 is 2.59 bits per heavy atom. The fourth-order valence-corrected chi connectivity index (χ4v) is 5.11. The van der Waals surface area contributed by atoms with Gasteiger partial charge >= 0.3 is 0 Å². The van der Waals surface area contributed by atoms with Crippen LogP contribution in [0.3, 0.4) is 0 Å². The summed E-state index contributed by atoms with van der Waals surface area (Å²) >= 11 is 0. The summed E-state index contributed by atoms with van der Waals surface area (Å²) in [5.74, 6) is 2.45. The molecule has 3 aromatic carbocycles. The molecule has 1 amide bonds. The van der Waals surface area contributed by atoms with Crippen molar-refractivity contribution in [2.75, 3.05) is 20.5 Å². The first-order chi connectivity index (χ1) is 18.8. The van der Waals surface area contributed by atoms with Crippen molar-refractivity contribution < 1.29 is 28.2 Å². The number of hydrogen-bond acceptors (Lipinski definition) is 7. The minimum atomic E-state index is -0.688. The first kappa shape index (κ1) is 24.9. The Bertz CT molecular complexity index is 1660. The number of amides is 1. The highest BCUT2D eigenvalue weighted by atomic mass is 16.7. The van der Waals surface area contributed by atoms with Gasteiger partial charge < -0.3 is 28.3 Å². The van der Waals surface area contributed by atoms with E-state index in [1.54, 1.807) is 24.1 Å². The van der Waals surface area contributed by atoms with E-state index in [1.807, 2.05) is 49.4 Å². The van der Waals surface area contributed by atoms with Crippen LogP contribution in [-0.2, 0) is 6.54 Å². The van der Waals surface area contributed by atoms with E-state index >= 15 is 0 Å². The summed E-state index contributed by atoms with van der Waals surface area (Å²) in [5.41, 5.74) is 2.97. The topological polar surface area (TPSA) is 87.4 Å². The maximum atomic E-state index is 13.9. The van der Waals surface area contributed by atoms with Crippen molar-refractivity contribution in [3.8, 4) is 23.0 Å². The second-order valence-electron chi connectivity index (χ2n) is 10.3. The Hall–Kier alpha value is -4.46. The number of carbonyl (C=O) groups excluding carboxylic acids is 1. The van der Waals surface area contributed by atoms with Crippen LogP contribution in [0.4, 0.5) is 0 Å². The number of nitrogens with zero attached hydrogens (tertiary/aromatic N) is 1. The molecular formula is C31H29NO7. The van der Waals surface area contributed by atoms with Crippen LogP contribution in [0.25, 0.3) is 11.0 Å². The molecule has 6 rings (SSSR count). The Morgan fingerprint density at radius 1 is 0.974 bits per heavy atom. The minimum absolute atomic E-state index is 0.0567. The standard InChI is InChI=1S/C31H29NO7/c1-17(2)15-36-23-10-7-20(13-25(23)35-4)28-27-29(33)21-11-18(3)5-8-22(21)39-30(27)31(34)32(28)14-19-6-9-24-26(12-19)38-16-37-24/h5-13,17,28H,14-16H2,1-4H3/t28-/m1/s1. The third-order valence-electron chi connectivity index (χ3n) is 6.99. The van der Waals surface area contributed by atoms with Crippen LogP contribution in [0.1, 0.15) is 52.7 Å². The smallest absolute Gasteiger partial charge is 0.291 e. The van der Waals surface area contributed by atoms with Gasteiger partial charge in [-0.05, 0) is 60.4 Å². The van der Waals surface area contributed by atoms with Crippen LogP contribution in [0.2, 0.25) is 0 Å². The quantitative estimate of drug-likeness (QED) is 0.308. The molecule has 0 bridgehead atoms. The van der Waals surface area contributed by atoms with Crippen molar-refractivity contribution in [2.45, 2.75) is 33.4 Å². The molecule has 1 aromatic heterocycles. The molecule has 39 heavy (non-hydrogen) atoms. The lowest BCUT2D eigenvalue weighted by atomic mass is 9.97. The van der Waals surface area contributed by atoms with Gasteiger partial charge in [-0.15, -0.1) is 0 Å². The van der Waals surface area contributed by atoms with Crippen LogP contribution in [0, 0.1) is 12.8 Å². The number of methoxy groups -OCH3 is 1. The molecule has 0 fully saturated rings. The third kappa shape index (κ3) is 4.35. The molecule has 200 valence electrons. The second kappa shape index (κ2) is 9.69. The summed E-state index contributed by atoms with van der Waals surface area (Å²) in [7, 11) is 1.57. The fraction of sp³-hybridized carbons (Fsp3) is 0.290. The Morgan fingerprint density at radius 2 is 1.79 bits per heavy atom. The number of ether oxygens (including phenoxy) is 4. The van der Waals surface area contributed by atoms with Gasteiger partial charge in [0.15, 0.2) is 28.4 Å². The Kier molecular flexibility index (Phi) is 6.17. The van der Waals surface area contributed by atoms with Crippen molar-refractivity contribution in [1.29, 1.82) is 0 Å². The monoisotopic (exact) mass is 527 g/mol. The van der Waals surface area contributed by atoms with Gasteiger partial charge in [0.1, 0.15) is 5.58 Å². The number of aryl methyl sites for hydroxylation is 1. The Labute approximate surface area is 225 Å². The van der Waals surface area contributed by atoms with E-state index in [4.69, 9.17) is 23.4 Å². The van der Waals surface area contributed by atoms with Gasteiger partial charge in [0, 0.05) is 6.54 Å². The molecule has 8 heteroatoms. The fourth-order valence-electron chi connectivity index (χ4n) is 5.11. The van der Waals surface area contributed by atoms with Gasteiger partial charge in [0.2, 0.25) is 12.6 Å². The van der Waals surface area contributed by atoms with Crippen LogP contribution in [0.15, 0.2) is 63.8 Å². The first-order valence-corrected chi connectivity index (χ1v) is 12.9. The molecular weight excluding hydrogens is 498 g/mol. The largest absolute Gasteiger partial charge is 0.493 e. The van der Waals surface area contributed by atoms with E-state index in [0.717, 1.165) is 16.7 Å². The molecule has 0 saturated carbocycles. The summed E-state index contributed by atoms with van der Waals surface area (Å²) in [5, 5.41) is 0.445. The van der Waals surface area contributed by atoms with Crippen molar-refractivity contribution in [1.82, 2.24) is 4.90 Å². The normalized spacial score (nSPS) is 15.8. The number of hydrogen-bond donors (Lipinski definition) is 0. The summed E-state index contributed by atoms with van der Waals surface area (Å²) in [4.78, 5) is 29.4. The number of carbonyl (C=O) groups is 1. The molecule has 8 nitrogen and oxygen atoms in total. The van der Waals surface area contributed by atoms with Crippen LogP contribution in [0.5, 0.6) is 23.0 Å². The molecule has 4 aromatic rings. The van der Waals surface area contributed by atoms with Gasteiger partial charge in [-0.25, -0.2) is 0 Å². The van der Waals surface area contributed by atoms with Crippen molar-refractivity contribution >= 4 is 16.9 Å². The van der Waals surface area contributed by atoms with E-state index in [2.05, 4.69) is 13.8 Å². The summed E-state index contributed by atoms with van der Waals surface area (Å²) in [6, 6.07) is 15.8. The van der Waals surface area contributed by atoms with Crippen LogP contribution in [-0.4, -0.2) is 31.3 Å². The predicted molar refractivity (Wildman–Crippen MR) is 145 cm³/mol. The first-order valence-electron chi connectivity index (χ1n) is 12.9. The minimum Gasteiger partial charge on any atom is -0.493 e. The maximum absolute atomic E-state index is 13.9. The van der Waals surface area contributed by atoms with E-state index in [0.29, 0.717) is 52.1 Å². The average Bonchev–Trinajstić information content (AvgIpc) is 3.50. The van der Waals surface area contributed by atoms with Gasteiger partial charge in [0.25, 0.3) is 5.91 Å². The highest BCUT2D eigenvalue weighted by molar-refractivity contribution is 5.99. The van der Waals surface area contributed by atoms with Gasteiger partial charge in [0.05, 0.1) is 30.7 Å². The molecule has 3 heterocycles. The van der Waals surface area contributed by atoms with Crippen LogP contribution < -0.4 is 24.4 Å². The van der Waals surface area contributed by atoms with E-state index < -0.39 is 6.04 Å². The van der Waals surface area contributed by atoms with Crippen molar-refractivity contribution in [2.24, 2.45) is 5.92 Å². The average molecular weight is 528 g/mol. The van der Waals surface area contributed by atoms with E-state index in [-0.39, 0.29) is 30.4 Å². The lowest BCUT2D eigenvalue weighted by Crippen LogP contribution is -2.29. The zero-order valence-electron chi connectivity index (χ0n) is 22.3. The highest BCUT2D eigenvalue weighted by Gasteiger charge is 2.43. The molecule has 0 radical (unpaired) electrons. The molecule has 2 aliphatic rings. The molecule has 0 N–H and O–H groups in total. The SMILES string of the molecule is COc1cc([C@@H]2c3c(oc4ccc(C)cc4c3=O)C(=O)N2Cc2ccc3c(c2)OCO3)ccc1OCC(C)C. The van der Waals surface area contributed by atoms with Gasteiger partial charge in [-0.1, -0.05) is 37.6 Å². The zero-order chi connectivity index (χ0) is 27.3. The number of fused-ring (bicyclic) bond motifs is 3. The predicted octanol–water partition coefficient (Wildman–Crippen LogP) is 5.62.